The predicted molar refractivity (Wildman–Crippen MR) is 176 cm³/mol. The fraction of sp³-hybridized carbons (Fsp3) is 0. The van der Waals surface area contributed by atoms with Gasteiger partial charge in [-0.25, -0.2) is 0 Å². The molecule has 0 saturated heterocycles. The van der Waals surface area contributed by atoms with Crippen molar-refractivity contribution in [2.75, 3.05) is 0 Å². The molecule has 0 spiro atoms. The van der Waals surface area contributed by atoms with Gasteiger partial charge in [0.2, 0.25) is 0 Å². The Labute approximate surface area is 242 Å². The van der Waals surface area contributed by atoms with Crippen molar-refractivity contribution in [2.45, 2.75) is 0 Å². The van der Waals surface area contributed by atoms with Crippen molar-refractivity contribution in [3.63, 3.8) is 0 Å². The Hall–Kier alpha value is -5.67. The van der Waals surface area contributed by atoms with Crippen LogP contribution in [0, 0.1) is 0 Å². The molecule has 9 aromatic rings. The third-order valence-corrected chi connectivity index (χ3v) is 8.53. The van der Waals surface area contributed by atoms with Crippen LogP contribution in [0.1, 0.15) is 0 Å². The van der Waals surface area contributed by atoms with Gasteiger partial charge in [-0.05, 0) is 82.6 Å². The lowest BCUT2D eigenvalue weighted by atomic mass is 10.0. The average molecular weight is 536 g/mol. The number of para-hydroxylation sites is 2. The van der Waals surface area contributed by atoms with Crippen molar-refractivity contribution < 1.29 is 0 Å². The molecule has 0 aliphatic heterocycles. The van der Waals surface area contributed by atoms with Gasteiger partial charge < -0.3 is 9.13 Å². The van der Waals surface area contributed by atoms with Crippen LogP contribution in [-0.2, 0) is 0 Å². The minimum absolute atomic E-state index is 1.02. The average Bonchev–Trinajstić information content (AvgIpc) is 3.57. The minimum Gasteiger partial charge on any atom is -0.309 e. The van der Waals surface area contributed by atoms with E-state index < -0.39 is 0 Å². The van der Waals surface area contributed by atoms with E-state index in [9.17, 15) is 0 Å². The van der Waals surface area contributed by atoms with Crippen molar-refractivity contribution in [1.82, 2.24) is 14.1 Å². The topological polar surface area (TPSA) is 22.8 Å². The highest BCUT2D eigenvalue weighted by Crippen LogP contribution is 2.38. The number of hydrogen-bond donors (Lipinski definition) is 0. The monoisotopic (exact) mass is 535 g/mol. The van der Waals surface area contributed by atoms with Crippen LogP contribution in [0.25, 0.3) is 77.0 Å². The Morgan fingerprint density at radius 3 is 2.00 bits per heavy atom. The van der Waals surface area contributed by atoms with E-state index in [4.69, 9.17) is 4.98 Å². The highest BCUT2D eigenvalue weighted by atomic mass is 15.0. The van der Waals surface area contributed by atoms with Gasteiger partial charge in [0, 0.05) is 33.7 Å². The SMILES string of the molecule is c1ccc(-n2c3ccc(-c4ccc5c6ccccc6n(-c6ccc7ccccc7c6)c5c4)cc3c3ncccc32)cc1. The second-order valence-corrected chi connectivity index (χ2v) is 10.9. The lowest BCUT2D eigenvalue weighted by molar-refractivity contribution is 1.18. The van der Waals surface area contributed by atoms with Crippen LogP contribution in [0.3, 0.4) is 0 Å². The van der Waals surface area contributed by atoms with Crippen LogP contribution in [0.15, 0.2) is 152 Å². The zero-order valence-corrected chi connectivity index (χ0v) is 22.8. The fourth-order valence-electron chi connectivity index (χ4n) is 6.61. The van der Waals surface area contributed by atoms with E-state index in [1.165, 1.54) is 49.4 Å². The van der Waals surface area contributed by atoms with Crippen molar-refractivity contribution in [3.05, 3.63) is 152 Å². The molecule has 0 bridgehead atoms. The van der Waals surface area contributed by atoms with Crippen LogP contribution in [-0.4, -0.2) is 14.1 Å². The molecule has 0 radical (unpaired) electrons. The molecule has 0 aliphatic carbocycles. The highest BCUT2D eigenvalue weighted by molar-refractivity contribution is 6.11. The summed E-state index contributed by atoms with van der Waals surface area (Å²) >= 11 is 0. The molecule has 0 atom stereocenters. The lowest BCUT2D eigenvalue weighted by Crippen LogP contribution is -1.94. The highest BCUT2D eigenvalue weighted by Gasteiger charge is 2.16. The number of benzene rings is 6. The standard InChI is InChI=1S/C39H25N3/c1-2-11-30(12-3-1)41-36-21-18-28(24-34(36)39-37(41)15-8-22-40-39)29-17-20-33-32-13-6-7-14-35(32)42(38(33)25-29)31-19-16-26-9-4-5-10-27(26)23-31/h1-25H. The van der Waals surface area contributed by atoms with Gasteiger partial charge in [-0.1, -0.05) is 84.9 Å². The Morgan fingerprint density at radius 2 is 1.07 bits per heavy atom. The van der Waals surface area contributed by atoms with E-state index in [2.05, 4.69) is 149 Å². The first-order valence-corrected chi connectivity index (χ1v) is 14.3. The van der Waals surface area contributed by atoms with Crippen LogP contribution < -0.4 is 0 Å². The zero-order valence-electron chi connectivity index (χ0n) is 22.8. The van der Waals surface area contributed by atoms with Crippen LogP contribution in [0.2, 0.25) is 0 Å². The number of hydrogen-bond acceptors (Lipinski definition) is 1. The molecule has 0 saturated carbocycles. The Balaban J connectivity index is 1.28. The van der Waals surface area contributed by atoms with Gasteiger partial charge >= 0.3 is 0 Å². The van der Waals surface area contributed by atoms with Crippen LogP contribution in [0.4, 0.5) is 0 Å². The molecule has 0 unspecified atom stereocenters. The first-order chi connectivity index (χ1) is 20.8. The fourth-order valence-corrected chi connectivity index (χ4v) is 6.61. The second kappa shape index (κ2) is 8.92. The molecular formula is C39H25N3. The van der Waals surface area contributed by atoms with E-state index in [0.29, 0.717) is 0 Å². The van der Waals surface area contributed by atoms with Crippen LogP contribution in [0.5, 0.6) is 0 Å². The van der Waals surface area contributed by atoms with E-state index in [1.807, 2.05) is 12.3 Å². The molecule has 0 aliphatic rings. The quantitative estimate of drug-likeness (QED) is 0.221. The molecule has 3 aromatic heterocycles. The van der Waals surface area contributed by atoms with Gasteiger partial charge in [-0.3, -0.25) is 4.98 Å². The first kappa shape index (κ1) is 23.1. The van der Waals surface area contributed by atoms with Crippen molar-refractivity contribution in [3.8, 4) is 22.5 Å². The molecule has 0 amide bonds. The summed E-state index contributed by atoms with van der Waals surface area (Å²) in [5, 5.41) is 6.16. The van der Waals surface area contributed by atoms with Gasteiger partial charge in [0.05, 0.1) is 27.6 Å². The summed E-state index contributed by atoms with van der Waals surface area (Å²) in [7, 11) is 0. The molecule has 196 valence electrons. The molecule has 3 heterocycles. The van der Waals surface area contributed by atoms with Crippen molar-refractivity contribution in [2.24, 2.45) is 0 Å². The normalized spacial score (nSPS) is 11.8. The molecule has 6 aromatic carbocycles. The summed E-state index contributed by atoms with van der Waals surface area (Å²) in [4.78, 5) is 4.82. The predicted octanol–water partition coefficient (Wildman–Crippen LogP) is 10.1. The molecule has 3 heteroatoms. The summed E-state index contributed by atoms with van der Waals surface area (Å²) in [6.07, 6.45) is 1.89. The third kappa shape index (κ3) is 3.37. The maximum absolute atomic E-state index is 4.82. The number of rotatable bonds is 3. The zero-order chi connectivity index (χ0) is 27.6. The number of nitrogens with zero attached hydrogens (tertiary/aromatic N) is 3. The van der Waals surface area contributed by atoms with Gasteiger partial charge in [0.1, 0.15) is 0 Å². The van der Waals surface area contributed by atoms with E-state index in [0.717, 1.165) is 27.6 Å². The lowest BCUT2D eigenvalue weighted by Gasteiger charge is -2.11. The van der Waals surface area contributed by atoms with Gasteiger partial charge in [0.25, 0.3) is 0 Å². The third-order valence-electron chi connectivity index (χ3n) is 8.53. The number of pyridine rings is 1. The minimum atomic E-state index is 1.02. The smallest absolute Gasteiger partial charge is 0.0963 e. The van der Waals surface area contributed by atoms with E-state index in [-0.39, 0.29) is 0 Å². The molecule has 0 fully saturated rings. The number of fused-ring (bicyclic) bond motifs is 7. The van der Waals surface area contributed by atoms with E-state index >= 15 is 0 Å². The summed E-state index contributed by atoms with van der Waals surface area (Å²) in [5.41, 5.74) is 10.4. The maximum atomic E-state index is 4.82. The van der Waals surface area contributed by atoms with E-state index in [1.54, 1.807) is 0 Å². The molecule has 3 nitrogen and oxygen atoms in total. The van der Waals surface area contributed by atoms with Crippen LogP contribution >= 0.6 is 0 Å². The van der Waals surface area contributed by atoms with Crippen molar-refractivity contribution in [1.29, 1.82) is 0 Å². The maximum Gasteiger partial charge on any atom is 0.0963 e. The second-order valence-electron chi connectivity index (χ2n) is 10.9. The Bertz CT molecular complexity index is 2460. The molecule has 9 rings (SSSR count). The van der Waals surface area contributed by atoms with Crippen molar-refractivity contribution >= 4 is 54.5 Å². The Morgan fingerprint density at radius 1 is 0.381 bits per heavy atom. The summed E-state index contributed by atoms with van der Waals surface area (Å²) in [6.45, 7) is 0. The molecule has 0 N–H and O–H groups in total. The molecule has 42 heavy (non-hydrogen) atoms. The molecular weight excluding hydrogens is 510 g/mol. The van der Waals surface area contributed by atoms with Gasteiger partial charge in [-0.15, -0.1) is 0 Å². The summed E-state index contributed by atoms with van der Waals surface area (Å²) in [6, 6.07) is 52.4. The first-order valence-electron chi connectivity index (χ1n) is 14.3. The summed E-state index contributed by atoms with van der Waals surface area (Å²) < 4.78 is 4.71. The van der Waals surface area contributed by atoms with Gasteiger partial charge in [0.15, 0.2) is 0 Å². The Kier molecular flexibility index (Phi) is 4.90. The number of aromatic nitrogens is 3. The largest absolute Gasteiger partial charge is 0.309 e. The van der Waals surface area contributed by atoms with Gasteiger partial charge in [-0.2, -0.15) is 0 Å². The summed E-state index contributed by atoms with van der Waals surface area (Å²) in [5.74, 6) is 0.